The number of halogens is 3. The molecule has 2 atom stereocenters. The number of hydrogen-bond acceptors (Lipinski definition) is 4. The van der Waals surface area contributed by atoms with Gasteiger partial charge in [0.15, 0.2) is 0 Å². The molecule has 22 heavy (non-hydrogen) atoms. The molecule has 0 fully saturated rings. The molecular formula is C15H15F3N2O2. The lowest BCUT2D eigenvalue weighted by molar-refractivity contribution is -0.0690. The Bertz CT molecular complexity index is 591. The van der Waals surface area contributed by atoms with Crippen molar-refractivity contribution in [3.63, 3.8) is 0 Å². The Balaban J connectivity index is 2.10. The molecule has 0 saturated carbocycles. The average Bonchev–Trinajstić information content (AvgIpc) is 2.55. The molecule has 0 saturated heterocycles. The zero-order chi connectivity index (χ0) is 16.1. The van der Waals surface area contributed by atoms with Crippen molar-refractivity contribution in [3.05, 3.63) is 48.2 Å². The Kier molecular flexibility index (Phi) is 5.35. The SMILES string of the molecule is NC(CO)c1ccc(-c2ccc(OC(F)C(F)F)nc2)cc1. The van der Waals surface area contributed by atoms with Crippen LogP contribution in [0.1, 0.15) is 11.6 Å². The van der Waals surface area contributed by atoms with E-state index in [-0.39, 0.29) is 12.5 Å². The van der Waals surface area contributed by atoms with Gasteiger partial charge in [-0.15, -0.1) is 0 Å². The highest BCUT2D eigenvalue weighted by Crippen LogP contribution is 2.23. The summed E-state index contributed by atoms with van der Waals surface area (Å²) in [5.74, 6) is -0.213. The summed E-state index contributed by atoms with van der Waals surface area (Å²) in [4.78, 5) is 3.79. The number of ether oxygens (including phenoxy) is 1. The van der Waals surface area contributed by atoms with E-state index in [1.54, 1.807) is 30.3 Å². The van der Waals surface area contributed by atoms with Crippen molar-refractivity contribution in [2.75, 3.05) is 6.61 Å². The number of nitrogens with two attached hydrogens (primary N) is 1. The third-order valence-electron chi connectivity index (χ3n) is 3.04. The number of hydrogen-bond donors (Lipinski definition) is 2. The van der Waals surface area contributed by atoms with Gasteiger partial charge >= 0.3 is 6.43 Å². The smallest absolute Gasteiger partial charge is 0.304 e. The molecule has 118 valence electrons. The van der Waals surface area contributed by atoms with E-state index in [0.717, 1.165) is 11.1 Å². The van der Waals surface area contributed by atoms with Crippen molar-refractivity contribution in [2.45, 2.75) is 18.8 Å². The molecule has 0 bridgehead atoms. The van der Waals surface area contributed by atoms with Crippen LogP contribution in [-0.2, 0) is 0 Å². The first-order valence-corrected chi connectivity index (χ1v) is 6.53. The second kappa shape index (κ2) is 7.24. The van der Waals surface area contributed by atoms with E-state index in [9.17, 15) is 13.2 Å². The zero-order valence-corrected chi connectivity index (χ0v) is 11.5. The van der Waals surface area contributed by atoms with Crippen LogP contribution >= 0.6 is 0 Å². The summed E-state index contributed by atoms with van der Waals surface area (Å²) in [5.41, 5.74) is 8.02. The number of alkyl halides is 3. The van der Waals surface area contributed by atoms with Gasteiger partial charge in [0.2, 0.25) is 5.88 Å². The summed E-state index contributed by atoms with van der Waals surface area (Å²) in [6.07, 6.45) is -4.52. The van der Waals surface area contributed by atoms with Gasteiger partial charge in [-0.1, -0.05) is 24.3 Å². The fraction of sp³-hybridized carbons (Fsp3) is 0.267. The van der Waals surface area contributed by atoms with Crippen LogP contribution in [0.2, 0.25) is 0 Å². The van der Waals surface area contributed by atoms with Crippen molar-refractivity contribution < 1.29 is 23.0 Å². The minimum atomic E-state index is -3.22. The lowest BCUT2D eigenvalue weighted by Gasteiger charge is -2.11. The number of pyridine rings is 1. The van der Waals surface area contributed by atoms with Gasteiger partial charge in [0.05, 0.1) is 12.6 Å². The predicted octanol–water partition coefficient (Wildman–Crippen LogP) is 2.68. The third kappa shape index (κ3) is 3.96. The van der Waals surface area contributed by atoms with E-state index >= 15 is 0 Å². The molecule has 0 aliphatic carbocycles. The molecule has 0 spiro atoms. The van der Waals surface area contributed by atoms with Crippen molar-refractivity contribution in [1.82, 2.24) is 4.98 Å². The van der Waals surface area contributed by atoms with E-state index in [2.05, 4.69) is 9.72 Å². The molecule has 1 aromatic carbocycles. The van der Waals surface area contributed by atoms with Gasteiger partial charge in [0.1, 0.15) is 0 Å². The Morgan fingerprint density at radius 1 is 1.05 bits per heavy atom. The van der Waals surface area contributed by atoms with Gasteiger partial charge in [-0.05, 0) is 17.2 Å². The highest BCUT2D eigenvalue weighted by Gasteiger charge is 2.21. The fourth-order valence-electron chi connectivity index (χ4n) is 1.82. The number of aliphatic hydroxyl groups is 1. The standard InChI is InChI=1S/C15H15F3N2O2/c16-14(17)15(18)22-13-6-5-11(7-20-13)9-1-3-10(4-2-9)12(19)8-21/h1-7,12,14-15,21H,8,19H2. The minimum absolute atomic E-state index is 0.151. The molecule has 7 heteroatoms. The summed E-state index contributed by atoms with van der Waals surface area (Å²) in [7, 11) is 0. The fourth-order valence-corrected chi connectivity index (χ4v) is 1.82. The van der Waals surface area contributed by atoms with Crippen molar-refractivity contribution >= 4 is 0 Å². The first kappa shape index (κ1) is 16.3. The van der Waals surface area contributed by atoms with Crippen molar-refractivity contribution in [3.8, 4) is 17.0 Å². The average molecular weight is 312 g/mol. The van der Waals surface area contributed by atoms with Crippen LogP contribution in [0.5, 0.6) is 5.88 Å². The van der Waals surface area contributed by atoms with Crippen LogP contribution in [0.15, 0.2) is 42.6 Å². The maximum Gasteiger partial charge on any atom is 0.304 e. The van der Waals surface area contributed by atoms with Crippen LogP contribution in [0, 0.1) is 0 Å². The Morgan fingerprint density at radius 2 is 1.68 bits per heavy atom. The highest BCUT2D eigenvalue weighted by molar-refractivity contribution is 5.63. The van der Waals surface area contributed by atoms with Crippen LogP contribution < -0.4 is 10.5 Å². The number of rotatable bonds is 6. The summed E-state index contributed by atoms with van der Waals surface area (Å²) in [6, 6.07) is 9.58. The molecule has 4 nitrogen and oxygen atoms in total. The summed E-state index contributed by atoms with van der Waals surface area (Å²) in [6.45, 7) is -0.151. The molecule has 0 aliphatic heterocycles. The topological polar surface area (TPSA) is 68.4 Å². The van der Waals surface area contributed by atoms with E-state index in [1.807, 2.05) is 0 Å². The number of aromatic nitrogens is 1. The molecule has 3 N–H and O–H groups in total. The Labute approximate surface area is 125 Å². The van der Waals surface area contributed by atoms with Crippen LogP contribution in [-0.4, -0.2) is 29.5 Å². The summed E-state index contributed by atoms with van der Waals surface area (Å²) in [5, 5.41) is 8.98. The molecule has 1 aromatic heterocycles. The first-order chi connectivity index (χ1) is 10.5. The molecule has 2 unspecified atom stereocenters. The van der Waals surface area contributed by atoms with Gasteiger partial charge in [-0.25, -0.2) is 13.8 Å². The largest absolute Gasteiger partial charge is 0.437 e. The van der Waals surface area contributed by atoms with Crippen molar-refractivity contribution in [2.24, 2.45) is 5.73 Å². The van der Waals surface area contributed by atoms with Gasteiger partial charge in [-0.2, -0.15) is 4.39 Å². The second-order valence-corrected chi connectivity index (χ2v) is 4.60. The normalized spacial score (nSPS) is 13.9. The van der Waals surface area contributed by atoms with Gasteiger partial charge in [0.25, 0.3) is 6.36 Å². The van der Waals surface area contributed by atoms with E-state index in [1.165, 1.54) is 12.3 Å². The molecule has 2 aromatic rings. The van der Waals surface area contributed by atoms with E-state index in [0.29, 0.717) is 5.56 Å². The second-order valence-electron chi connectivity index (χ2n) is 4.60. The van der Waals surface area contributed by atoms with Crippen LogP contribution in [0.25, 0.3) is 11.1 Å². The predicted molar refractivity (Wildman–Crippen MR) is 75.2 cm³/mol. The van der Waals surface area contributed by atoms with Crippen LogP contribution in [0.4, 0.5) is 13.2 Å². The number of aliphatic hydroxyl groups excluding tert-OH is 1. The Morgan fingerprint density at radius 3 is 2.18 bits per heavy atom. The molecule has 1 heterocycles. The summed E-state index contributed by atoms with van der Waals surface area (Å²) >= 11 is 0. The quantitative estimate of drug-likeness (QED) is 0.860. The number of benzene rings is 1. The zero-order valence-electron chi connectivity index (χ0n) is 11.5. The maximum atomic E-state index is 12.7. The number of nitrogens with zero attached hydrogens (tertiary/aromatic N) is 1. The van der Waals surface area contributed by atoms with E-state index < -0.39 is 18.8 Å². The molecular weight excluding hydrogens is 297 g/mol. The molecule has 0 amide bonds. The van der Waals surface area contributed by atoms with E-state index in [4.69, 9.17) is 10.8 Å². The lowest BCUT2D eigenvalue weighted by Crippen LogP contribution is -2.19. The molecule has 0 aliphatic rings. The molecule has 2 rings (SSSR count). The van der Waals surface area contributed by atoms with Gasteiger partial charge in [-0.3, -0.25) is 0 Å². The monoisotopic (exact) mass is 312 g/mol. The minimum Gasteiger partial charge on any atom is -0.437 e. The summed E-state index contributed by atoms with van der Waals surface area (Å²) < 4.78 is 41.2. The van der Waals surface area contributed by atoms with Gasteiger partial charge in [0, 0.05) is 17.8 Å². The first-order valence-electron chi connectivity index (χ1n) is 6.53. The third-order valence-corrected chi connectivity index (χ3v) is 3.04. The maximum absolute atomic E-state index is 12.7. The van der Waals surface area contributed by atoms with Crippen molar-refractivity contribution in [1.29, 1.82) is 0 Å². The lowest BCUT2D eigenvalue weighted by atomic mass is 10.0. The Hall–Kier alpha value is -2.12. The van der Waals surface area contributed by atoms with Crippen LogP contribution in [0.3, 0.4) is 0 Å². The highest BCUT2D eigenvalue weighted by atomic mass is 19.3. The molecule has 0 radical (unpaired) electrons. The van der Waals surface area contributed by atoms with Gasteiger partial charge < -0.3 is 15.6 Å².